The number of carbonyl (C=O) groups is 2. The molecule has 1 N–H and O–H groups in total. The van der Waals surface area contributed by atoms with Gasteiger partial charge in [-0.05, 0) is 26.1 Å². The predicted molar refractivity (Wildman–Crippen MR) is 92.9 cm³/mol. The van der Waals surface area contributed by atoms with Crippen molar-refractivity contribution in [2.45, 2.75) is 20.0 Å². The summed E-state index contributed by atoms with van der Waals surface area (Å²) in [4.78, 5) is 26.9. The maximum absolute atomic E-state index is 12.5. The van der Waals surface area contributed by atoms with Gasteiger partial charge in [0.15, 0.2) is 17.6 Å². The number of aliphatic carboxylic acids is 1. The smallest absolute Gasteiger partial charge is 0.307 e. The van der Waals surface area contributed by atoms with Gasteiger partial charge in [0.1, 0.15) is 6.61 Å². The van der Waals surface area contributed by atoms with E-state index in [1.165, 1.54) is 0 Å². The van der Waals surface area contributed by atoms with Crippen molar-refractivity contribution in [3.05, 3.63) is 24.3 Å². The van der Waals surface area contributed by atoms with E-state index in [4.69, 9.17) is 14.6 Å². The fourth-order valence-electron chi connectivity index (χ4n) is 2.75. The Morgan fingerprint density at radius 1 is 1.32 bits per heavy atom. The summed E-state index contributed by atoms with van der Waals surface area (Å²) >= 11 is 0. The summed E-state index contributed by atoms with van der Waals surface area (Å²) in [6.07, 6.45) is -0.220. The number of rotatable bonds is 8. The van der Waals surface area contributed by atoms with E-state index in [1.807, 2.05) is 31.2 Å². The fourth-order valence-corrected chi connectivity index (χ4v) is 2.75. The maximum atomic E-state index is 12.5. The first-order valence-electron chi connectivity index (χ1n) is 8.48. The lowest BCUT2D eigenvalue weighted by Crippen LogP contribution is -2.47. The van der Waals surface area contributed by atoms with Gasteiger partial charge in [0, 0.05) is 13.1 Å². The van der Waals surface area contributed by atoms with Gasteiger partial charge in [0.2, 0.25) is 5.91 Å². The molecule has 0 saturated carbocycles. The van der Waals surface area contributed by atoms with Crippen LogP contribution in [0.2, 0.25) is 0 Å². The number of likely N-dealkylation sites (N-methyl/N-ethyl adjacent to an activating group) is 2. The lowest BCUT2D eigenvalue weighted by atomic mass is 10.2. The molecule has 25 heavy (non-hydrogen) atoms. The topological polar surface area (TPSA) is 79.3 Å². The zero-order valence-electron chi connectivity index (χ0n) is 15.0. The van der Waals surface area contributed by atoms with Crippen molar-refractivity contribution in [3.8, 4) is 11.5 Å². The van der Waals surface area contributed by atoms with Crippen LogP contribution in [-0.2, 0) is 9.59 Å². The van der Waals surface area contributed by atoms with E-state index in [9.17, 15) is 9.59 Å². The molecule has 0 spiro atoms. The second kappa shape index (κ2) is 8.71. The summed E-state index contributed by atoms with van der Waals surface area (Å²) < 4.78 is 11.6. The molecule has 1 aliphatic rings. The highest BCUT2D eigenvalue weighted by molar-refractivity contribution is 5.78. The molecule has 2 rings (SSSR count). The average molecular weight is 350 g/mol. The van der Waals surface area contributed by atoms with Crippen molar-refractivity contribution in [3.63, 3.8) is 0 Å². The van der Waals surface area contributed by atoms with Crippen molar-refractivity contribution in [2.75, 3.05) is 39.8 Å². The minimum atomic E-state index is -0.863. The Morgan fingerprint density at radius 2 is 2.00 bits per heavy atom. The van der Waals surface area contributed by atoms with Crippen LogP contribution in [0.15, 0.2) is 24.3 Å². The average Bonchev–Trinajstić information content (AvgIpc) is 2.59. The van der Waals surface area contributed by atoms with Crippen LogP contribution in [0.5, 0.6) is 11.5 Å². The van der Waals surface area contributed by atoms with Crippen LogP contribution in [0.25, 0.3) is 0 Å². The lowest BCUT2D eigenvalue weighted by Gasteiger charge is -2.31. The molecular formula is C18H26N2O5. The summed E-state index contributed by atoms with van der Waals surface area (Å²) in [7, 11) is 1.75. The molecular weight excluding hydrogens is 324 g/mol. The number of carbonyl (C=O) groups excluding carboxylic acids is 1. The molecule has 2 unspecified atom stereocenters. The van der Waals surface area contributed by atoms with Gasteiger partial charge in [-0.3, -0.25) is 14.5 Å². The van der Waals surface area contributed by atoms with E-state index in [0.29, 0.717) is 32.0 Å². The molecule has 1 aliphatic heterocycles. The number of benzene rings is 1. The Kier molecular flexibility index (Phi) is 6.64. The maximum Gasteiger partial charge on any atom is 0.307 e. The first-order valence-corrected chi connectivity index (χ1v) is 8.48. The Morgan fingerprint density at radius 3 is 2.64 bits per heavy atom. The quantitative estimate of drug-likeness (QED) is 0.762. The number of nitrogens with zero attached hydrogens (tertiary/aromatic N) is 2. The molecule has 0 saturated heterocycles. The third-order valence-electron chi connectivity index (χ3n) is 4.14. The van der Waals surface area contributed by atoms with Gasteiger partial charge >= 0.3 is 5.97 Å². The van der Waals surface area contributed by atoms with Crippen LogP contribution in [0.3, 0.4) is 0 Å². The van der Waals surface area contributed by atoms with Crippen molar-refractivity contribution in [1.82, 2.24) is 9.80 Å². The molecule has 1 amide bonds. The molecule has 0 bridgehead atoms. The SMILES string of the molecule is CCN(CC1COc2ccccc2O1)C(=O)CN(C)CC(C)C(=O)O. The lowest BCUT2D eigenvalue weighted by molar-refractivity contribution is -0.142. The van der Waals surface area contributed by atoms with Crippen LogP contribution in [0.4, 0.5) is 0 Å². The number of hydrogen-bond donors (Lipinski definition) is 1. The van der Waals surface area contributed by atoms with Crippen LogP contribution in [-0.4, -0.2) is 72.7 Å². The molecule has 0 fully saturated rings. The third-order valence-corrected chi connectivity index (χ3v) is 4.14. The normalized spacial score (nSPS) is 17.2. The molecule has 2 atom stereocenters. The molecule has 1 aromatic carbocycles. The number of ether oxygens (including phenoxy) is 2. The molecule has 0 radical (unpaired) electrons. The van der Waals surface area contributed by atoms with Crippen molar-refractivity contribution < 1.29 is 24.2 Å². The van der Waals surface area contributed by atoms with Crippen LogP contribution in [0.1, 0.15) is 13.8 Å². The monoisotopic (exact) mass is 350 g/mol. The highest BCUT2D eigenvalue weighted by Crippen LogP contribution is 2.30. The first-order chi connectivity index (χ1) is 11.9. The van der Waals surface area contributed by atoms with Crippen molar-refractivity contribution in [2.24, 2.45) is 5.92 Å². The second-order valence-corrected chi connectivity index (χ2v) is 6.37. The van der Waals surface area contributed by atoms with Crippen LogP contribution in [0, 0.1) is 5.92 Å². The van der Waals surface area contributed by atoms with Gasteiger partial charge in [-0.15, -0.1) is 0 Å². The van der Waals surface area contributed by atoms with Crippen LogP contribution >= 0.6 is 0 Å². The number of fused-ring (bicyclic) bond motifs is 1. The van der Waals surface area contributed by atoms with Crippen LogP contribution < -0.4 is 9.47 Å². The third kappa shape index (κ3) is 5.35. The number of amides is 1. The number of hydrogen-bond acceptors (Lipinski definition) is 5. The summed E-state index contributed by atoms with van der Waals surface area (Å²) in [5.74, 6) is -0.0206. The summed E-state index contributed by atoms with van der Waals surface area (Å²) in [6.45, 7) is 5.44. The Labute approximate surface area is 148 Å². The molecule has 1 heterocycles. The number of carboxylic acids is 1. The molecule has 0 aliphatic carbocycles. The van der Waals surface area contributed by atoms with Gasteiger partial charge in [-0.25, -0.2) is 0 Å². The number of carboxylic acid groups (broad SMARTS) is 1. The minimum absolute atomic E-state index is 0.0509. The highest BCUT2D eigenvalue weighted by Gasteiger charge is 2.25. The van der Waals surface area contributed by atoms with Gasteiger partial charge < -0.3 is 19.5 Å². The standard InChI is InChI=1S/C18H26N2O5/c1-4-20(17(21)11-19(3)9-13(2)18(22)23)10-14-12-24-15-7-5-6-8-16(15)25-14/h5-8,13-14H,4,9-12H2,1-3H3,(H,22,23). The first kappa shape index (κ1) is 19.1. The molecule has 0 aromatic heterocycles. The summed E-state index contributed by atoms with van der Waals surface area (Å²) in [6, 6.07) is 7.47. The fraction of sp³-hybridized carbons (Fsp3) is 0.556. The Balaban J connectivity index is 1.87. The van der Waals surface area contributed by atoms with E-state index >= 15 is 0 Å². The van der Waals surface area contributed by atoms with E-state index in [2.05, 4.69) is 0 Å². The molecule has 7 nitrogen and oxygen atoms in total. The molecule has 7 heteroatoms. The summed E-state index contributed by atoms with van der Waals surface area (Å²) in [5.41, 5.74) is 0. The molecule has 138 valence electrons. The van der Waals surface area contributed by atoms with Crippen molar-refractivity contribution >= 4 is 11.9 Å². The Bertz CT molecular complexity index is 607. The van der Waals surface area contributed by atoms with Gasteiger partial charge in [-0.2, -0.15) is 0 Å². The van der Waals surface area contributed by atoms with Gasteiger partial charge in [-0.1, -0.05) is 19.1 Å². The van der Waals surface area contributed by atoms with Gasteiger partial charge in [0.25, 0.3) is 0 Å². The predicted octanol–water partition coefficient (Wildman–Crippen LogP) is 1.33. The Hall–Kier alpha value is -2.28. The van der Waals surface area contributed by atoms with E-state index < -0.39 is 11.9 Å². The zero-order chi connectivity index (χ0) is 18.4. The van der Waals surface area contributed by atoms with Gasteiger partial charge in [0.05, 0.1) is 19.0 Å². The van der Waals surface area contributed by atoms with Crippen molar-refractivity contribution in [1.29, 1.82) is 0 Å². The van der Waals surface area contributed by atoms with E-state index in [-0.39, 0.29) is 18.6 Å². The largest absolute Gasteiger partial charge is 0.486 e. The summed E-state index contributed by atoms with van der Waals surface area (Å²) in [5, 5.41) is 8.96. The zero-order valence-corrected chi connectivity index (χ0v) is 15.0. The van der Waals surface area contributed by atoms with E-state index in [0.717, 1.165) is 5.75 Å². The second-order valence-electron chi connectivity index (χ2n) is 6.37. The van der Waals surface area contributed by atoms with E-state index in [1.54, 1.807) is 23.8 Å². The molecule has 1 aromatic rings. The number of para-hydroxylation sites is 2. The highest BCUT2D eigenvalue weighted by atomic mass is 16.6. The minimum Gasteiger partial charge on any atom is -0.486 e.